The van der Waals surface area contributed by atoms with Gasteiger partial charge in [0.2, 0.25) is 5.91 Å². The number of aliphatic hydroxyl groups excluding tert-OH is 1. The summed E-state index contributed by atoms with van der Waals surface area (Å²) in [5.74, 6) is -0.263. The van der Waals surface area contributed by atoms with Gasteiger partial charge in [0.25, 0.3) is 0 Å². The average molecular weight is 320 g/mol. The molecule has 0 aliphatic rings. The number of hydrogen-bond acceptors (Lipinski definition) is 4. The molecule has 1 rings (SSSR count). The van der Waals surface area contributed by atoms with E-state index in [1.807, 2.05) is 6.92 Å². The minimum absolute atomic E-state index is 0.0303. The zero-order valence-corrected chi connectivity index (χ0v) is 13.2. The van der Waals surface area contributed by atoms with Crippen molar-refractivity contribution < 1.29 is 9.90 Å². The quantitative estimate of drug-likeness (QED) is 0.727. The average Bonchev–Trinajstić information content (AvgIpc) is 2.39. The molecule has 0 radical (unpaired) electrons. The third kappa shape index (κ3) is 3.99. The first kappa shape index (κ1) is 17.0. The van der Waals surface area contributed by atoms with Gasteiger partial charge in [0.1, 0.15) is 0 Å². The Balaban J connectivity index is 2.86. The third-order valence-electron chi connectivity index (χ3n) is 3.26. The second-order valence-electron chi connectivity index (χ2n) is 4.72. The lowest BCUT2D eigenvalue weighted by Crippen LogP contribution is -2.45. The van der Waals surface area contributed by atoms with E-state index in [0.717, 1.165) is 0 Å². The summed E-state index contributed by atoms with van der Waals surface area (Å²) in [6.45, 7) is 3.53. The van der Waals surface area contributed by atoms with Crippen LogP contribution in [0.25, 0.3) is 0 Å². The summed E-state index contributed by atoms with van der Waals surface area (Å²) in [7, 11) is 1.76. The van der Waals surface area contributed by atoms with Crippen LogP contribution in [0.3, 0.4) is 0 Å². The van der Waals surface area contributed by atoms with Gasteiger partial charge in [-0.3, -0.25) is 9.69 Å². The van der Waals surface area contributed by atoms with E-state index in [0.29, 0.717) is 11.4 Å². The molecule has 20 heavy (non-hydrogen) atoms. The van der Waals surface area contributed by atoms with Crippen molar-refractivity contribution in [1.29, 1.82) is 0 Å². The van der Waals surface area contributed by atoms with Gasteiger partial charge < -0.3 is 16.2 Å². The van der Waals surface area contributed by atoms with Gasteiger partial charge in [0.15, 0.2) is 0 Å². The molecule has 0 fully saturated rings. The van der Waals surface area contributed by atoms with Gasteiger partial charge in [0, 0.05) is 11.7 Å². The van der Waals surface area contributed by atoms with Gasteiger partial charge >= 0.3 is 0 Å². The predicted molar refractivity (Wildman–Crippen MR) is 83.3 cm³/mol. The summed E-state index contributed by atoms with van der Waals surface area (Å²) >= 11 is 12.0. The topological polar surface area (TPSA) is 78.6 Å². The standard InChI is InChI=1S/C13H19Cl2N3O2/c1-7(6-19)18(3)8(2)13(20)17-12-10(14)4-9(16)5-11(12)15/h4-5,7-8,19H,6,16H2,1-3H3,(H,17,20). The monoisotopic (exact) mass is 319 g/mol. The Kier molecular flexibility index (Phi) is 6.07. The lowest BCUT2D eigenvalue weighted by atomic mass is 10.2. The van der Waals surface area contributed by atoms with Crippen LogP contribution >= 0.6 is 23.2 Å². The van der Waals surface area contributed by atoms with Crippen molar-refractivity contribution >= 4 is 40.5 Å². The van der Waals surface area contributed by atoms with Gasteiger partial charge in [-0.15, -0.1) is 0 Å². The van der Waals surface area contributed by atoms with Crippen LogP contribution in [-0.2, 0) is 4.79 Å². The van der Waals surface area contributed by atoms with Crippen molar-refractivity contribution in [2.45, 2.75) is 25.9 Å². The van der Waals surface area contributed by atoms with Crippen LogP contribution in [0, 0.1) is 0 Å². The lowest BCUT2D eigenvalue weighted by molar-refractivity contribution is -0.121. The van der Waals surface area contributed by atoms with E-state index < -0.39 is 6.04 Å². The largest absolute Gasteiger partial charge is 0.399 e. The van der Waals surface area contributed by atoms with Crippen LogP contribution in [0.15, 0.2) is 12.1 Å². The van der Waals surface area contributed by atoms with E-state index in [9.17, 15) is 4.79 Å². The van der Waals surface area contributed by atoms with Crippen LogP contribution in [-0.4, -0.2) is 41.7 Å². The minimum Gasteiger partial charge on any atom is -0.399 e. The van der Waals surface area contributed by atoms with Crippen molar-refractivity contribution in [1.82, 2.24) is 4.90 Å². The zero-order chi connectivity index (χ0) is 15.4. The molecule has 0 aliphatic carbocycles. The number of hydrogen-bond donors (Lipinski definition) is 3. The summed E-state index contributed by atoms with van der Waals surface area (Å²) in [5, 5.41) is 12.4. The Morgan fingerprint density at radius 2 is 1.90 bits per heavy atom. The van der Waals surface area contributed by atoms with Crippen LogP contribution in [0.4, 0.5) is 11.4 Å². The molecule has 1 aromatic rings. The molecule has 4 N–H and O–H groups in total. The number of rotatable bonds is 5. The number of nitrogens with two attached hydrogens (primary N) is 1. The first-order valence-corrected chi connectivity index (χ1v) is 6.91. The number of nitrogens with zero attached hydrogens (tertiary/aromatic N) is 1. The normalized spacial score (nSPS) is 14.2. The summed E-state index contributed by atoms with van der Waals surface area (Å²) in [5.41, 5.74) is 6.37. The fourth-order valence-electron chi connectivity index (χ4n) is 1.64. The molecule has 0 bridgehead atoms. The number of halogens is 2. The molecule has 1 aromatic carbocycles. The number of benzene rings is 1. The first-order chi connectivity index (χ1) is 9.27. The second-order valence-corrected chi connectivity index (χ2v) is 5.54. The van der Waals surface area contributed by atoms with Crippen LogP contribution in [0.1, 0.15) is 13.8 Å². The number of nitrogen functional groups attached to an aromatic ring is 1. The molecule has 0 aromatic heterocycles. The molecule has 0 spiro atoms. The Labute approximate surface area is 128 Å². The predicted octanol–water partition coefficient (Wildman–Crippen LogP) is 2.22. The third-order valence-corrected chi connectivity index (χ3v) is 3.86. The molecule has 0 heterocycles. The Bertz CT molecular complexity index is 473. The van der Waals surface area contributed by atoms with Crippen LogP contribution in [0.5, 0.6) is 0 Å². The van der Waals surface area contributed by atoms with E-state index >= 15 is 0 Å². The van der Waals surface area contributed by atoms with E-state index in [4.69, 9.17) is 34.0 Å². The van der Waals surface area contributed by atoms with Crippen LogP contribution < -0.4 is 11.1 Å². The maximum Gasteiger partial charge on any atom is 0.241 e. The van der Waals surface area contributed by atoms with Gasteiger partial charge in [-0.05, 0) is 33.0 Å². The maximum atomic E-state index is 12.2. The number of aliphatic hydroxyl groups is 1. The number of carbonyl (C=O) groups is 1. The number of nitrogens with one attached hydrogen (secondary N) is 1. The summed E-state index contributed by atoms with van der Waals surface area (Å²) < 4.78 is 0. The summed E-state index contributed by atoms with van der Waals surface area (Å²) in [6, 6.07) is 2.47. The van der Waals surface area contributed by atoms with Gasteiger partial charge in [-0.1, -0.05) is 23.2 Å². The second kappa shape index (κ2) is 7.13. The number of carbonyl (C=O) groups excluding carboxylic acids is 1. The molecule has 2 atom stereocenters. The Morgan fingerprint density at radius 1 is 1.40 bits per heavy atom. The van der Waals surface area contributed by atoms with E-state index in [1.54, 1.807) is 18.9 Å². The van der Waals surface area contributed by atoms with Gasteiger partial charge in [0.05, 0.1) is 28.4 Å². The molecule has 0 aliphatic heterocycles. The molecular formula is C13H19Cl2N3O2. The van der Waals surface area contributed by atoms with Crippen molar-refractivity contribution in [2.75, 3.05) is 24.7 Å². The Morgan fingerprint density at radius 3 is 2.35 bits per heavy atom. The van der Waals surface area contributed by atoms with E-state index in [1.165, 1.54) is 12.1 Å². The van der Waals surface area contributed by atoms with Crippen molar-refractivity contribution in [3.8, 4) is 0 Å². The highest BCUT2D eigenvalue weighted by molar-refractivity contribution is 6.40. The molecule has 5 nitrogen and oxygen atoms in total. The van der Waals surface area contributed by atoms with Crippen molar-refractivity contribution in [3.05, 3.63) is 22.2 Å². The highest BCUT2D eigenvalue weighted by atomic mass is 35.5. The molecule has 0 saturated heterocycles. The molecule has 1 amide bonds. The van der Waals surface area contributed by atoms with Crippen molar-refractivity contribution in [3.63, 3.8) is 0 Å². The minimum atomic E-state index is -0.443. The molecular weight excluding hydrogens is 301 g/mol. The zero-order valence-electron chi connectivity index (χ0n) is 11.7. The SMILES string of the molecule is CC(CO)N(C)C(C)C(=O)Nc1c(Cl)cc(N)cc1Cl. The molecule has 112 valence electrons. The highest BCUT2D eigenvalue weighted by Gasteiger charge is 2.23. The van der Waals surface area contributed by atoms with Crippen LogP contribution in [0.2, 0.25) is 10.0 Å². The molecule has 2 unspecified atom stereocenters. The fraction of sp³-hybridized carbons (Fsp3) is 0.462. The summed E-state index contributed by atoms with van der Waals surface area (Å²) in [6.07, 6.45) is 0. The number of likely N-dealkylation sites (N-methyl/N-ethyl adjacent to an activating group) is 1. The van der Waals surface area contributed by atoms with E-state index in [2.05, 4.69) is 5.32 Å². The maximum absolute atomic E-state index is 12.2. The summed E-state index contributed by atoms with van der Waals surface area (Å²) in [4.78, 5) is 13.9. The molecule has 0 saturated carbocycles. The smallest absolute Gasteiger partial charge is 0.241 e. The fourth-order valence-corrected chi connectivity index (χ4v) is 2.23. The first-order valence-electron chi connectivity index (χ1n) is 6.16. The number of anilines is 2. The Hall–Kier alpha value is -1.01. The van der Waals surface area contributed by atoms with Gasteiger partial charge in [-0.2, -0.15) is 0 Å². The van der Waals surface area contributed by atoms with Crippen molar-refractivity contribution in [2.24, 2.45) is 0 Å². The number of amides is 1. The highest BCUT2D eigenvalue weighted by Crippen LogP contribution is 2.33. The van der Waals surface area contributed by atoms with Gasteiger partial charge in [-0.25, -0.2) is 0 Å². The molecule has 7 heteroatoms. The van der Waals surface area contributed by atoms with E-state index in [-0.39, 0.29) is 28.6 Å². The lowest BCUT2D eigenvalue weighted by Gasteiger charge is -2.28.